The van der Waals surface area contributed by atoms with Gasteiger partial charge in [0.1, 0.15) is 5.78 Å². The van der Waals surface area contributed by atoms with Crippen LogP contribution >= 0.6 is 0 Å². The van der Waals surface area contributed by atoms with Crippen LogP contribution in [0.4, 0.5) is 0 Å². The molecular weight excluding hydrogens is 438 g/mol. The molecule has 0 amide bonds. The van der Waals surface area contributed by atoms with Crippen molar-refractivity contribution in [1.82, 2.24) is 4.90 Å². The lowest BCUT2D eigenvalue weighted by Crippen LogP contribution is -2.24. The molecule has 0 aliphatic carbocycles. The fourth-order valence-corrected chi connectivity index (χ4v) is 6.10. The second-order valence-corrected chi connectivity index (χ2v) is 11.2. The Morgan fingerprint density at radius 1 is 0.824 bits per heavy atom. The van der Waals surface area contributed by atoms with Gasteiger partial charge >= 0.3 is 0 Å². The van der Waals surface area contributed by atoms with Gasteiger partial charge in [0.15, 0.2) is 0 Å². The van der Waals surface area contributed by atoms with Crippen LogP contribution in [0.1, 0.15) is 48.4 Å². The second-order valence-electron chi connectivity index (χ2n) is 9.44. The maximum atomic E-state index is 12.8. The van der Waals surface area contributed by atoms with Crippen molar-refractivity contribution in [2.45, 2.75) is 62.1 Å². The molecule has 1 saturated heterocycles. The first kappa shape index (κ1) is 24.6. The van der Waals surface area contributed by atoms with Crippen molar-refractivity contribution in [1.29, 1.82) is 0 Å². The first-order chi connectivity index (χ1) is 16.6. The molecule has 178 valence electrons. The summed E-state index contributed by atoms with van der Waals surface area (Å²) in [7, 11) is -0.921. The smallest absolute Gasteiger partial charge is 0.130 e. The summed E-state index contributed by atoms with van der Waals surface area (Å²) in [6, 6.07) is 27.6. The third-order valence-electron chi connectivity index (χ3n) is 6.66. The molecule has 0 N–H and O–H groups in total. The zero-order valence-electron chi connectivity index (χ0n) is 20.1. The molecule has 2 unspecified atom stereocenters. The van der Waals surface area contributed by atoms with E-state index >= 15 is 0 Å². The fourth-order valence-electron chi connectivity index (χ4n) is 4.62. The molecule has 3 aromatic carbocycles. The molecule has 4 rings (SSSR count). The number of nitrogens with zero attached hydrogens (tertiary/aromatic N) is 1. The van der Waals surface area contributed by atoms with Crippen molar-refractivity contribution in [2.75, 3.05) is 13.1 Å². The van der Waals surface area contributed by atoms with Gasteiger partial charge in [-0.1, -0.05) is 66.7 Å². The number of carbonyl (C=O) groups excluding carboxylic acids is 1. The molecule has 3 aromatic rings. The Kier molecular flexibility index (Phi) is 8.84. The summed E-state index contributed by atoms with van der Waals surface area (Å²) in [4.78, 5) is 14.5. The molecule has 1 fully saturated rings. The maximum absolute atomic E-state index is 12.8. The molecule has 1 aliphatic heterocycles. The van der Waals surface area contributed by atoms with Gasteiger partial charge in [-0.05, 0) is 80.0 Å². The average molecular weight is 474 g/mol. The molecule has 3 nitrogen and oxygen atoms in total. The van der Waals surface area contributed by atoms with E-state index in [1.54, 1.807) is 6.92 Å². The van der Waals surface area contributed by atoms with Crippen LogP contribution in [-0.4, -0.2) is 33.2 Å². The monoisotopic (exact) mass is 473 g/mol. The number of rotatable bonds is 11. The predicted molar refractivity (Wildman–Crippen MR) is 140 cm³/mol. The molecule has 1 heterocycles. The largest absolute Gasteiger partial charge is 0.300 e. The number of hydrogen-bond donors (Lipinski definition) is 0. The number of Topliss-reactive ketones (excluding diaryl/α,β-unsaturated/α-hetero) is 1. The maximum Gasteiger partial charge on any atom is 0.130 e. The summed E-state index contributed by atoms with van der Waals surface area (Å²) in [5.74, 6) is 0.249. The Bertz CT molecular complexity index is 1080. The molecule has 0 bridgehead atoms. The third-order valence-corrected chi connectivity index (χ3v) is 8.38. The first-order valence-electron chi connectivity index (χ1n) is 12.4. The van der Waals surface area contributed by atoms with E-state index in [1.165, 1.54) is 22.3 Å². The molecule has 4 heteroatoms. The number of benzene rings is 3. The number of ketones is 1. The van der Waals surface area contributed by atoms with Crippen LogP contribution in [-0.2, 0) is 41.4 Å². The van der Waals surface area contributed by atoms with Crippen molar-refractivity contribution in [2.24, 2.45) is 0 Å². The highest BCUT2D eigenvalue weighted by Gasteiger charge is 2.27. The summed E-state index contributed by atoms with van der Waals surface area (Å²) < 4.78 is 12.8. The normalized spacial score (nSPS) is 17.0. The fraction of sp³-hybridized carbons (Fsp3) is 0.367. The lowest BCUT2D eigenvalue weighted by atomic mass is 10.0. The predicted octanol–water partition coefficient (Wildman–Crippen LogP) is 5.77. The van der Waals surface area contributed by atoms with Crippen molar-refractivity contribution < 1.29 is 9.00 Å². The Balaban J connectivity index is 1.19. The Hall–Kier alpha value is -2.56. The van der Waals surface area contributed by atoms with Gasteiger partial charge in [-0.2, -0.15) is 0 Å². The van der Waals surface area contributed by atoms with E-state index in [0.717, 1.165) is 56.6 Å². The van der Waals surface area contributed by atoms with E-state index < -0.39 is 10.8 Å². The van der Waals surface area contributed by atoms with Crippen LogP contribution in [0.3, 0.4) is 0 Å². The Labute approximate surface area is 206 Å². The van der Waals surface area contributed by atoms with E-state index in [9.17, 15) is 9.00 Å². The molecule has 1 aliphatic rings. The van der Waals surface area contributed by atoms with Crippen LogP contribution in [0.25, 0.3) is 0 Å². The lowest BCUT2D eigenvalue weighted by molar-refractivity contribution is -0.116. The summed E-state index contributed by atoms with van der Waals surface area (Å²) in [5.41, 5.74) is 5.31. The van der Waals surface area contributed by atoms with Gasteiger partial charge in [-0.25, -0.2) is 0 Å². The van der Waals surface area contributed by atoms with Crippen LogP contribution in [0.15, 0.2) is 83.8 Å². The van der Waals surface area contributed by atoms with Gasteiger partial charge in [-0.3, -0.25) is 9.11 Å². The van der Waals surface area contributed by atoms with Crippen molar-refractivity contribution in [3.8, 4) is 0 Å². The Morgan fingerprint density at radius 2 is 1.38 bits per heavy atom. The molecular formula is C30H35NO2S. The number of hydrogen-bond acceptors (Lipinski definition) is 3. The van der Waals surface area contributed by atoms with E-state index in [0.29, 0.717) is 6.42 Å². The SMILES string of the molecule is CC(=O)CCc1ccc(CCCc2ccc(CN3CCC(S(=O)c4ccccc4)C3)cc2)cc1. The highest BCUT2D eigenvalue weighted by atomic mass is 32.2. The van der Waals surface area contributed by atoms with Gasteiger partial charge in [0.05, 0.1) is 16.0 Å². The van der Waals surface area contributed by atoms with Crippen LogP contribution in [0.2, 0.25) is 0 Å². The lowest BCUT2D eigenvalue weighted by Gasteiger charge is -2.16. The van der Waals surface area contributed by atoms with Crippen LogP contribution in [0.5, 0.6) is 0 Å². The quantitative estimate of drug-likeness (QED) is 0.355. The van der Waals surface area contributed by atoms with E-state index in [-0.39, 0.29) is 11.0 Å². The summed E-state index contributed by atoms with van der Waals surface area (Å²) in [6.45, 7) is 4.49. The van der Waals surface area contributed by atoms with E-state index in [4.69, 9.17) is 0 Å². The van der Waals surface area contributed by atoms with Crippen molar-refractivity contribution in [3.05, 3.63) is 101 Å². The highest BCUT2D eigenvalue weighted by Crippen LogP contribution is 2.22. The van der Waals surface area contributed by atoms with E-state index in [1.807, 2.05) is 30.3 Å². The zero-order valence-corrected chi connectivity index (χ0v) is 20.9. The summed E-state index contributed by atoms with van der Waals surface area (Å²) in [5, 5.41) is 0.227. The topological polar surface area (TPSA) is 37.4 Å². The average Bonchev–Trinajstić information content (AvgIpc) is 3.33. The first-order valence-corrected chi connectivity index (χ1v) is 13.6. The third kappa shape index (κ3) is 7.22. The second kappa shape index (κ2) is 12.2. The molecule has 0 spiro atoms. The minimum Gasteiger partial charge on any atom is -0.300 e. The minimum absolute atomic E-state index is 0.227. The molecule has 0 aromatic heterocycles. The van der Waals surface area contributed by atoms with Gasteiger partial charge in [-0.15, -0.1) is 0 Å². The van der Waals surface area contributed by atoms with Gasteiger partial charge < -0.3 is 4.79 Å². The highest BCUT2D eigenvalue weighted by molar-refractivity contribution is 7.85. The zero-order chi connectivity index (χ0) is 23.8. The standard InChI is InChI=1S/C30H35NO2S/c1-24(32)10-11-27-14-12-25(13-15-27)6-5-7-26-16-18-28(19-17-26)22-31-21-20-30(23-31)34(33)29-8-3-2-4-9-29/h2-4,8-9,12-19,30H,5-7,10-11,20-23H2,1H3. The molecule has 0 saturated carbocycles. The summed E-state index contributed by atoms with van der Waals surface area (Å²) in [6.07, 6.45) is 5.74. The molecule has 0 radical (unpaired) electrons. The summed E-state index contributed by atoms with van der Waals surface area (Å²) >= 11 is 0. The number of carbonyl (C=O) groups is 1. The Morgan fingerprint density at radius 3 is 1.97 bits per heavy atom. The minimum atomic E-state index is -0.921. The van der Waals surface area contributed by atoms with Crippen molar-refractivity contribution >= 4 is 16.6 Å². The van der Waals surface area contributed by atoms with Crippen LogP contribution < -0.4 is 0 Å². The number of aryl methyl sites for hydroxylation is 3. The van der Waals surface area contributed by atoms with Gasteiger partial charge in [0.2, 0.25) is 0 Å². The van der Waals surface area contributed by atoms with Gasteiger partial charge in [0.25, 0.3) is 0 Å². The molecule has 2 atom stereocenters. The number of likely N-dealkylation sites (tertiary alicyclic amines) is 1. The van der Waals surface area contributed by atoms with E-state index in [2.05, 4.69) is 53.4 Å². The van der Waals surface area contributed by atoms with Crippen molar-refractivity contribution in [3.63, 3.8) is 0 Å². The molecule has 34 heavy (non-hydrogen) atoms. The van der Waals surface area contributed by atoms with Gasteiger partial charge in [0, 0.05) is 24.4 Å². The van der Waals surface area contributed by atoms with Crippen LogP contribution in [0, 0.1) is 0 Å².